The average Bonchev–Trinajstić information content (AvgIpc) is 2.98. The predicted molar refractivity (Wildman–Crippen MR) is 152 cm³/mol. The number of benzene rings is 4. The Kier molecular flexibility index (Phi) is 8.02. The average molecular weight is 534 g/mol. The Morgan fingerprint density at radius 3 is 2.12 bits per heavy atom. The van der Waals surface area contributed by atoms with Gasteiger partial charge in [-0.05, 0) is 41.3 Å². The van der Waals surface area contributed by atoms with Gasteiger partial charge in [0.2, 0.25) is 0 Å². The summed E-state index contributed by atoms with van der Waals surface area (Å²) >= 11 is 0. The Balaban J connectivity index is 1.39. The van der Waals surface area contributed by atoms with E-state index in [1.165, 1.54) is 6.07 Å². The minimum Gasteiger partial charge on any atom is -0.445 e. The number of hydrogen-bond donors (Lipinski definition) is 1. The Hall–Kier alpha value is -5.17. The van der Waals surface area contributed by atoms with Crippen molar-refractivity contribution in [1.29, 1.82) is 0 Å². The highest BCUT2D eigenvalue weighted by Crippen LogP contribution is 2.33. The van der Waals surface area contributed by atoms with E-state index in [4.69, 9.17) is 13.9 Å². The fourth-order valence-electron chi connectivity index (χ4n) is 4.44. The van der Waals surface area contributed by atoms with E-state index >= 15 is 0 Å². The van der Waals surface area contributed by atoms with E-state index in [0.717, 1.165) is 22.3 Å². The summed E-state index contributed by atoms with van der Waals surface area (Å²) in [4.78, 5) is 38.4. The van der Waals surface area contributed by atoms with E-state index in [1.807, 2.05) is 91.0 Å². The molecule has 4 aromatic carbocycles. The highest BCUT2D eigenvalue weighted by Gasteiger charge is 2.25. The van der Waals surface area contributed by atoms with E-state index in [2.05, 4.69) is 5.32 Å². The molecule has 1 atom stereocenters. The largest absolute Gasteiger partial charge is 0.445 e. The Morgan fingerprint density at radius 1 is 0.825 bits per heavy atom. The van der Waals surface area contributed by atoms with Crippen molar-refractivity contribution < 1.29 is 23.5 Å². The summed E-state index contributed by atoms with van der Waals surface area (Å²) in [7, 11) is 0. The van der Waals surface area contributed by atoms with Gasteiger partial charge in [-0.15, -0.1) is 0 Å². The molecular formula is C33H27NO6. The second kappa shape index (κ2) is 12.1. The van der Waals surface area contributed by atoms with Crippen molar-refractivity contribution in [3.05, 3.63) is 136 Å². The van der Waals surface area contributed by atoms with Crippen LogP contribution in [0.15, 0.2) is 118 Å². The maximum atomic E-state index is 13.4. The van der Waals surface area contributed by atoms with Gasteiger partial charge in [0.05, 0.1) is 0 Å². The molecule has 0 spiro atoms. The van der Waals surface area contributed by atoms with Crippen molar-refractivity contribution in [1.82, 2.24) is 5.32 Å². The molecule has 0 saturated carbocycles. The summed E-state index contributed by atoms with van der Waals surface area (Å²) < 4.78 is 16.6. The Morgan fingerprint density at radius 2 is 1.45 bits per heavy atom. The van der Waals surface area contributed by atoms with Crippen molar-refractivity contribution in [2.45, 2.75) is 26.0 Å². The molecule has 1 amide bonds. The first kappa shape index (κ1) is 26.4. The van der Waals surface area contributed by atoms with Crippen molar-refractivity contribution >= 4 is 23.0 Å². The van der Waals surface area contributed by atoms with Crippen molar-refractivity contribution in [3.63, 3.8) is 0 Å². The van der Waals surface area contributed by atoms with E-state index in [1.54, 1.807) is 19.1 Å². The fraction of sp³-hybridized carbons (Fsp3) is 0.121. The molecule has 1 heterocycles. The molecule has 0 fully saturated rings. The molecular weight excluding hydrogens is 506 g/mol. The van der Waals surface area contributed by atoms with Crippen LogP contribution in [0.25, 0.3) is 22.1 Å². The molecule has 200 valence electrons. The number of carbonyl (C=O) groups is 2. The zero-order valence-electron chi connectivity index (χ0n) is 21.8. The second-order valence-corrected chi connectivity index (χ2v) is 9.28. The third-order valence-electron chi connectivity index (χ3n) is 6.48. The molecule has 0 aliphatic carbocycles. The minimum atomic E-state index is -1.02. The van der Waals surface area contributed by atoms with E-state index in [9.17, 15) is 14.4 Å². The smallest absolute Gasteiger partial charge is 0.408 e. The number of aryl methyl sites for hydroxylation is 1. The van der Waals surface area contributed by atoms with Crippen LogP contribution in [-0.2, 0) is 22.6 Å². The number of carbonyl (C=O) groups excluding carboxylic acids is 2. The van der Waals surface area contributed by atoms with Crippen LogP contribution in [0.3, 0.4) is 0 Å². The fourth-order valence-corrected chi connectivity index (χ4v) is 4.44. The van der Waals surface area contributed by atoms with Crippen molar-refractivity contribution in [2.75, 3.05) is 0 Å². The molecule has 0 aliphatic heterocycles. The van der Waals surface area contributed by atoms with E-state index in [-0.39, 0.29) is 18.8 Å². The maximum absolute atomic E-state index is 13.4. The van der Waals surface area contributed by atoms with Crippen molar-refractivity contribution in [2.24, 2.45) is 0 Å². The molecule has 7 nitrogen and oxygen atoms in total. The number of nitrogens with one attached hydrogen (secondary N) is 1. The summed E-state index contributed by atoms with van der Waals surface area (Å²) in [6.07, 6.45) is -0.546. The zero-order valence-corrected chi connectivity index (χ0v) is 21.8. The predicted octanol–water partition coefficient (Wildman–Crippen LogP) is 6.21. The van der Waals surface area contributed by atoms with Gasteiger partial charge in [0.15, 0.2) is 0 Å². The van der Waals surface area contributed by atoms with Gasteiger partial charge in [-0.25, -0.2) is 14.4 Å². The summed E-state index contributed by atoms with van der Waals surface area (Å²) in [6, 6.07) is 31.9. The van der Waals surface area contributed by atoms with Gasteiger partial charge in [0.1, 0.15) is 24.0 Å². The number of ether oxygens (including phenoxy) is 2. The number of hydrogen-bond acceptors (Lipinski definition) is 6. The number of alkyl carbamates (subject to hydrolysis) is 1. The van der Waals surface area contributed by atoms with Gasteiger partial charge < -0.3 is 19.2 Å². The highest BCUT2D eigenvalue weighted by molar-refractivity contribution is 5.96. The monoisotopic (exact) mass is 533 g/mol. The molecule has 5 aromatic rings. The van der Waals surface area contributed by atoms with E-state index in [0.29, 0.717) is 16.5 Å². The number of amides is 1. The first-order valence-corrected chi connectivity index (χ1v) is 12.8. The molecule has 0 radical (unpaired) electrons. The third kappa shape index (κ3) is 6.27. The van der Waals surface area contributed by atoms with Gasteiger partial charge in [-0.3, -0.25) is 0 Å². The lowest BCUT2D eigenvalue weighted by molar-refractivity contribution is -0.136. The molecule has 0 bridgehead atoms. The van der Waals surface area contributed by atoms with Crippen LogP contribution >= 0.6 is 0 Å². The summed E-state index contributed by atoms with van der Waals surface area (Å²) in [6.45, 7) is 1.78. The maximum Gasteiger partial charge on any atom is 0.408 e. The lowest BCUT2D eigenvalue weighted by Gasteiger charge is -2.19. The zero-order chi connectivity index (χ0) is 27.9. The van der Waals surface area contributed by atoms with E-state index < -0.39 is 23.7 Å². The van der Waals surface area contributed by atoms with Crippen LogP contribution in [0.5, 0.6) is 5.75 Å². The lowest BCUT2D eigenvalue weighted by Crippen LogP contribution is -2.44. The van der Waals surface area contributed by atoms with Gasteiger partial charge in [-0.2, -0.15) is 0 Å². The highest BCUT2D eigenvalue weighted by atomic mass is 16.6. The molecule has 5 rings (SSSR count). The van der Waals surface area contributed by atoms with Crippen LogP contribution in [0.2, 0.25) is 0 Å². The summed E-state index contributed by atoms with van der Waals surface area (Å²) in [5.74, 6) is -0.451. The van der Waals surface area contributed by atoms with Crippen LogP contribution < -0.4 is 15.7 Å². The molecule has 40 heavy (non-hydrogen) atoms. The minimum absolute atomic E-state index is 0.0618. The molecule has 0 aliphatic rings. The van der Waals surface area contributed by atoms with Crippen LogP contribution in [0.1, 0.15) is 16.7 Å². The quantitative estimate of drug-likeness (QED) is 0.145. The topological polar surface area (TPSA) is 94.8 Å². The number of rotatable bonds is 8. The first-order chi connectivity index (χ1) is 19.5. The Labute approximate surface area is 231 Å². The molecule has 7 heteroatoms. The molecule has 0 saturated heterocycles. The number of esters is 1. The van der Waals surface area contributed by atoms with Gasteiger partial charge in [0, 0.05) is 23.4 Å². The number of fused-ring (bicyclic) bond motifs is 1. The van der Waals surface area contributed by atoms with Crippen molar-refractivity contribution in [3.8, 4) is 16.9 Å². The second-order valence-electron chi connectivity index (χ2n) is 9.28. The Bertz CT molecular complexity index is 1680. The SMILES string of the molecule is Cc1c(OC(=O)C(Cc2ccccc2)NC(=O)OCc2ccccc2)ccc2c(-c3ccccc3)cc(=O)oc12. The van der Waals surface area contributed by atoms with Crippen LogP contribution in [0, 0.1) is 6.92 Å². The van der Waals surface area contributed by atoms with Crippen LogP contribution in [-0.4, -0.2) is 18.1 Å². The summed E-state index contributed by atoms with van der Waals surface area (Å²) in [5, 5.41) is 3.36. The molecule has 1 unspecified atom stereocenters. The standard InChI is InChI=1S/C33H27NO6/c1-22-29(18-17-26-27(20-30(35)40-31(22)26)25-15-9-4-10-16-25)39-32(36)28(19-23-11-5-2-6-12-23)34-33(37)38-21-24-13-7-3-8-14-24/h2-18,20,28H,19,21H2,1H3,(H,34,37). The summed E-state index contributed by atoms with van der Waals surface area (Å²) in [5.41, 5.74) is 3.55. The van der Waals surface area contributed by atoms with Gasteiger partial charge in [-0.1, -0.05) is 91.0 Å². The van der Waals surface area contributed by atoms with Gasteiger partial charge >= 0.3 is 17.7 Å². The third-order valence-corrected chi connectivity index (χ3v) is 6.48. The lowest BCUT2D eigenvalue weighted by atomic mass is 10.00. The van der Waals surface area contributed by atoms with Gasteiger partial charge in [0.25, 0.3) is 0 Å². The normalized spacial score (nSPS) is 11.5. The molecule has 1 aromatic heterocycles. The molecule has 1 N–H and O–H groups in total. The van der Waals surface area contributed by atoms with Crippen LogP contribution in [0.4, 0.5) is 4.79 Å². The first-order valence-electron chi connectivity index (χ1n) is 12.8.